The quantitative estimate of drug-likeness (QED) is 0.768. The standard InChI is InChI=1S/C20H22FN5O3/c21-16-6-1-2-7-17(16)26-12-11-25(20(26)28)14-19(27)24-10-4-5-15(13-24)29-18-8-3-9-22-23-18/h1-3,6-9,15H,4-5,10-14H2/t15-/m0/s1. The maximum absolute atomic E-state index is 14.0. The Morgan fingerprint density at radius 1 is 1.17 bits per heavy atom. The lowest BCUT2D eigenvalue weighted by Crippen LogP contribution is -2.48. The molecule has 1 aromatic carbocycles. The van der Waals surface area contributed by atoms with E-state index in [1.165, 1.54) is 15.9 Å². The highest BCUT2D eigenvalue weighted by Gasteiger charge is 2.34. The van der Waals surface area contributed by atoms with Crippen LogP contribution in [0.5, 0.6) is 5.88 Å². The summed E-state index contributed by atoms with van der Waals surface area (Å²) in [5, 5.41) is 7.70. The Morgan fingerprint density at radius 2 is 2.03 bits per heavy atom. The Hall–Kier alpha value is -3.23. The molecule has 3 heterocycles. The van der Waals surface area contributed by atoms with E-state index in [9.17, 15) is 14.0 Å². The largest absolute Gasteiger partial charge is 0.471 e. The molecule has 2 saturated heterocycles. The van der Waals surface area contributed by atoms with Crippen molar-refractivity contribution in [3.63, 3.8) is 0 Å². The van der Waals surface area contributed by atoms with E-state index in [0.717, 1.165) is 12.8 Å². The highest BCUT2D eigenvalue weighted by Crippen LogP contribution is 2.23. The SMILES string of the molecule is O=C(CN1CCN(c2ccccc2F)C1=O)N1CCC[C@H](Oc2cccnn2)C1. The average molecular weight is 399 g/mol. The number of carbonyl (C=O) groups is 2. The molecule has 3 amide bonds. The van der Waals surface area contributed by atoms with Gasteiger partial charge in [-0.05, 0) is 31.0 Å². The first-order valence-corrected chi connectivity index (χ1v) is 9.65. The number of halogens is 1. The van der Waals surface area contributed by atoms with Gasteiger partial charge in [0.05, 0.1) is 12.2 Å². The number of nitrogens with zero attached hydrogens (tertiary/aromatic N) is 5. The van der Waals surface area contributed by atoms with Crippen LogP contribution in [0.3, 0.4) is 0 Å². The van der Waals surface area contributed by atoms with Crippen molar-refractivity contribution in [2.45, 2.75) is 18.9 Å². The number of amides is 3. The highest BCUT2D eigenvalue weighted by atomic mass is 19.1. The number of piperidine rings is 1. The maximum Gasteiger partial charge on any atom is 0.325 e. The topological polar surface area (TPSA) is 78.9 Å². The number of rotatable bonds is 5. The van der Waals surface area contributed by atoms with Gasteiger partial charge in [0, 0.05) is 31.9 Å². The summed E-state index contributed by atoms with van der Waals surface area (Å²) in [5.74, 6) is -0.155. The van der Waals surface area contributed by atoms with Gasteiger partial charge in [-0.15, -0.1) is 5.10 Å². The van der Waals surface area contributed by atoms with Gasteiger partial charge in [0.1, 0.15) is 18.5 Å². The second-order valence-electron chi connectivity index (χ2n) is 7.09. The number of aromatic nitrogens is 2. The minimum Gasteiger partial charge on any atom is -0.471 e. The summed E-state index contributed by atoms with van der Waals surface area (Å²) in [7, 11) is 0. The molecule has 0 unspecified atom stereocenters. The number of ether oxygens (including phenoxy) is 1. The Morgan fingerprint density at radius 3 is 2.83 bits per heavy atom. The van der Waals surface area contributed by atoms with Crippen molar-refractivity contribution in [1.29, 1.82) is 0 Å². The molecule has 0 N–H and O–H groups in total. The van der Waals surface area contributed by atoms with E-state index in [0.29, 0.717) is 32.1 Å². The zero-order valence-corrected chi connectivity index (χ0v) is 15.9. The van der Waals surface area contributed by atoms with E-state index in [1.54, 1.807) is 41.4 Å². The Balaban J connectivity index is 1.34. The van der Waals surface area contributed by atoms with Crippen molar-refractivity contribution in [1.82, 2.24) is 20.0 Å². The van der Waals surface area contributed by atoms with Crippen LogP contribution >= 0.6 is 0 Å². The van der Waals surface area contributed by atoms with E-state index in [-0.39, 0.29) is 30.3 Å². The van der Waals surface area contributed by atoms with Crippen molar-refractivity contribution in [2.75, 3.05) is 37.6 Å². The fourth-order valence-corrected chi connectivity index (χ4v) is 3.67. The van der Waals surface area contributed by atoms with Gasteiger partial charge in [-0.1, -0.05) is 12.1 Å². The number of carbonyl (C=O) groups excluding carboxylic acids is 2. The van der Waals surface area contributed by atoms with Crippen molar-refractivity contribution >= 4 is 17.6 Å². The van der Waals surface area contributed by atoms with Crippen molar-refractivity contribution < 1.29 is 18.7 Å². The van der Waals surface area contributed by atoms with Crippen LogP contribution in [0.15, 0.2) is 42.6 Å². The molecule has 9 heteroatoms. The molecule has 2 aliphatic heterocycles. The third kappa shape index (κ3) is 4.28. The number of benzene rings is 1. The molecule has 0 spiro atoms. The van der Waals surface area contributed by atoms with E-state index in [2.05, 4.69) is 10.2 Å². The van der Waals surface area contributed by atoms with Crippen LogP contribution in [0, 0.1) is 5.82 Å². The van der Waals surface area contributed by atoms with Gasteiger partial charge in [-0.3, -0.25) is 9.69 Å². The molecule has 2 aliphatic rings. The Kier molecular flexibility index (Phi) is 5.55. The average Bonchev–Trinajstić information content (AvgIpc) is 3.09. The molecular formula is C20H22FN5O3. The normalized spacial score (nSPS) is 19.6. The van der Waals surface area contributed by atoms with Gasteiger partial charge in [0.25, 0.3) is 0 Å². The predicted molar refractivity (Wildman–Crippen MR) is 103 cm³/mol. The van der Waals surface area contributed by atoms with E-state index >= 15 is 0 Å². The number of anilines is 1. The summed E-state index contributed by atoms with van der Waals surface area (Å²) in [6.07, 6.45) is 3.05. The first-order valence-electron chi connectivity index (χ1n) is 9.65. The zero-order valence-electron chi connectivity index (χ0n) is 15.9. The van der Waals surface area contributed by atoms with Crippen LogP contribution in [0.25, 0.3) is 0 Å². The molecule has 4 rings (SSSR count). The number of hydrogen-bond donors (Lipinski definition) is 0. The van der Waals surface area contributed by atoms with Crippen LogP contribution in [0.4, 0.5) is 14.9 Å². The van der Waals surface area contributed by atoms with Gasteiger partial charge in [-0.25, -0.2) is 9.18 Å². The molecular weight excluding hydrogens is 377 g/mol. The monoisotopic (exact) mass is 399 g/mol. The number of likely N-dealkylation sites (tertiary alicyclic amines) is 1. The molecule has 0 radical (unpaired) electrons. The van der Waals surface area contributed by atoms with Gasteiger partial charge in [0.2, 0.25) is 11.8 Å². The van der Waals surface area contributed by atoms with Gasteiger partial charge in [0.15, 0.2) is 0 Å². The molecule has 152 valence electrons. The molecule has 0 bridgehead atoms. The Labute approximate surface area is 167 Å². The van der Waals surface area contributed by atoms with Gasteiger partial charge in [-0.2, -0.15) is 5.10 Å². The summed E-state index contributed by atoms with van der Waals surface area (Å²) < 4.78 is 19.8. The Bertz CT molecular complexity index is 881. The summed E-state index contributed by atoms with van der Waals surface area (Å²) in [6.45, 7) is 1.77. The molecule has 1 aromatic heterocycles. The fraction of sp³-hybridized carbons (Fsp3) is 0.400. The fourth-order valence-electron chi connectivity index (χ4n) is 3.67. The summed E-state index contributed by atoms with van der Waals surface area (Å²) in [6, 6.07) is 9.27. The zero-order chi connectivity index (χ0) is 20.2. The van der Waals surface area contributed by atoms with Crippen LogP contribution in [0.2, 0.25) is 0 Å². The van der Waals surface area contributed by atoms with Crippen molar-refractivity contribution in [3.8, 4) is 5.88 Å². The molecule has 0 aliphatic carbocycles. The molecule has 29 heavy (non-hydrogen) atoms. The van der Waals surface area contributed by atoms with Gasteiger partial charge < -0.3 is 14.5 Å². The van der Waals surface area contributed by atoms with Crippen LogP contribution < -0.4 is 9.64 Å². The summed E-state index contributed by atoms with van der Waals surface area (Å²) >= 11 is 0. The first-order chi connectivity index (χ1) is 14.1. The number of urea groups is 1. The van der Waals surface area contributed by atoms with E-state index < -0.39 is 5.82 Å². The summed E-state index contributed by atoms with van der Waals surface area (Å²) in [5.41, 5.74) is 0.239. The third-order valence-electron chi connectivity index (χ3n) is 5.13. The maximum atomic E-state index is 14.0. The lowest BCUT2D eigenvalue weighted by molar-refractivity contribution is -0.134. The number of hydrogen-bond acceptors (Lipinski definition) is 5. The van der Waals surface area contributed by atoms with E-state index in [1.807, 2.05) is 0 Å². The summed E-state index contributed by atoms with van der Waals surface area (Å²) in [4.78, 5) is 30.0. The highest BCUT2D eigenvalue weighted by molar-refractivity contribution is 5.96. The first kappa shape index (κ1) is 19.1. The second kappa shape index (κ2) is 8.42. The molecule has 2 aromatic rings. The van der Waals surface area contributed by atoms with Crippen molar-refractivity contribution in [2.24, 2.45) is 0 Å². The number of para-hydroxylation sites is 1. The molecule has 1 atom stereocenters. The molecule has 0 saturated carbocycles. The van der Waals surface area contributed by atoms with Crippen LogP contribution in [-0.2, 0) is 4.79 Å². The van der Waals surface area contributed by atoms with Gasteiger partial charge >= 0.3 is 6.03 Å². The smallest absolute Gasteiger partial charge is 0.325 e. The van der Waals surface area contributed by atoms with E-state index in [4.69, 9.17) is 4.74 Å². The minimum absolute atomic E-state index is 0.0261. The third-order valence-corrected chi connectivity index (χ3v) is 5.13. The predicted octanol–water partition coefficient (Wildman–Crippen LogP) is 1.93. The lowest BCUT2D eigenvalue weighted by atomic mass is 10.1. The lowest BCUT2D eigenvalue weighted by Gasteiger charge is -2.33. The minimum atomic E-state index is -0.450. The molecule has 2 fully saturated rings. The molecule has 8 nitrogen and oxygen atoms in total. The van der Waals surface area contributed by atoms with Crippen LogP contribution in [-0.4, -0.2) is 70.8 Å². The second-order valence-corrected chi connectivity index (χ2v) is 7.09. The van der Waals surface area contributed by atoms with Crippen LogP contribution in [0.1, 0.15) is 12.8 Å². The van der Waals surface area contributed by atoms with Crippen molar-refractivity contribution in [3.05, 3.63) is 48.4 Å².